The Kier molecular flexibility index (Phi) is 8.10. The lowest BCUT2D eigenvalue weighted by molar-refractivity contribution is -0.115. The Morgan fingerprint density at radius 1 is 1.28 bits per heavy atom. The van der Waals surface area contributed by atoms with Crippen molar-refractivity contribution in [2.24, 2.45) is 0 Å². The molecule has 1 unspecified atom stereocenters. The Balaban J connectivity index is 2.38. The van der Waals surface area contributed by atoms with Gasteiger partial charge in [-0.05, 0) is 45.8 Å². The molecule has 2 rings (SSSR count). The Bertz CT molecular complexity index is 867. The minimum absolute atomic E-state index is 0.00464. The molecule has 0 aromatic heterocycles. The first-order valence-corrected chi connectivity index (χ1v) is 10.8. The van der Waals surface area contributed by atoms with Gasteiger partial charge < -0.3 is 14.6 Å². The standard InChI is InChI=1S/C18H18BrClF3N3O2S/c1-28-12-5-3-11(4-6-12)9-26(29(2)27)17(24)15-14(20)8-7-13(19)16(15)25-10-18(21,22)23/h3-8,24-25H,9-10H2,1-2H3. The molecule has 0 heterocycles. The number of methoxy groups -OCH3 is 1. The van der Waals surface area contributed by atoms with Gasteiger partial charge in [0.05, 0.1) is 41.3 Å². The topological polar surface area (TPSA) is 71.4 Å². The van der Waals surface area contributed by atoms with E-state index in [0.29, 0.717) is 10.2 Å². The van der Waals surface area contributed by atoms with Crippen molar-refractivity contribution >= 4 is 50.4 Å². The number of alkyl halides is 3. The van der Waals surface area contributed by atoms with E-state index in [1.165, 1.54) is 29.8 Å². The molecular weight excluding hydrogens is 495 g/mol. The molecule has 0 aliphatic heterocycles. The maximum absolute atomic E-state index is 12.7. The van der Waals surface area contributed by atoms with E-state index in [9.17, 15) is 17.7 Å². The van der Waals surface area contributed by atoms with Gasteiger partial charge in [-0.25, -0.2) is 0 Å². The zero-order chi connectivity index (χ0) is 21.8. The zero-order valence-corrected chi connectivity index (χ0v) is 18.6. The van der Waals surface area contributed by atoms with E-state index < -0.39 is 24.1 Å². The van der Waals surface area contributed by atoms with Crippen molar-refractivity contribution in [3.63, 3.8) is 0 Å². The van der Waals surface area contributed by atoms with Gasteiger partial charge >= 0.3 is 6.18 Å². The lowest BCUT2D eigenvalue weighted by Crippen LogP contribution is -2.36. The van der Waals surface area contributed by atoms with Crippen LogP contribution in [0.4, 0.5) is 18.9 Å². The SMILES string of the molecule is COc1ccc(CN(C(=N)c2c(Cl)ccc(Br)c2NCC(F)(F)F)[S+](C)[O-])cc1. The molecule has 0 aliphatic carbocycles. The van der Waals surface area contributed by atoms with Gasteiger partial charge in [0.1, 0.15) is 18.6 Å². The van der Waals surface area contributed by atoms with Crippen LogP contribution in [-0.4, -0.2) is 40.8 Å². The maximum atomic E-state index is 12.7. The summed E-state index contributed by atoms with van der Waals surface area (Å²) >= 11 is 7.77. The predicted molar refractivity (Wildman–Crippen MR) is 113 cm³/mol. The Morgan fingerprint density at radius 3 is 2.41 bits per heavy atom. The van der Waals surface area contributed by atoms with Crippen molar-refractivity contribution in [2.45, 2.75) is 12.7 Å². The molecule has 11 heteroatoms. The van der Waals surface area contributed by atoms with Crippen LogP contribution in [0, 0.1) is 5.41 Å². The van der Waals surface area contributed by atoms with E-state index in [1.807, 2.05) is 0 Å². The van der Waals surface area contributed by atoms with Crippen LogP contribution in [0.25, 0.3) is 0 Å². The molecule has 2 aromatic rings. The first-order chi connectivity index (χ1) is 13.5. The summed E-state index contributed by atoms with van der Waals surface area (Å²) in [5, 5.41) is 10.9. The highest BCUT2D eigenvalue weighted by Gasteiger charge is 2.30. The van der Waals surface area contributed by atoms with Crippen LogP contribution in [0.5, 0.6) is 5.75 Å². The number of ether oxygens (including phenoxy) is 1. The molecule has 2 aromatic carbocycles. The first kappa shape index (κ1) is 23.7. The lowest BCUT2D eigenvalue weighted by atomic mass is 10.1. The molecule has 0 aliphatic rings. The van der Waals surface area contributed by atoms with Crippen LogP contribution in [0.2, 0.25) is 5.02 Å². The molecule has 5 nitrogen and oxygen atoms in total. The third-order valence-corrected chi connectivity index (χ3v) is 5.76. The number of nitrogens with zero attached hydrogens (tertiary/aromatic N) is 1. The molecule has 2 N–H and O–H groups in total. The van der Waals surface area contributed by atoms with E-state index >= 15 is 0 Å². The number of anilines is 1. The fourth-order valence-corrected chi connectivity index (χ4v) is 3.86. The molecule has 29 heavy (non-hydrogen) atoms. The van der Waals surface area contributed by atoms with E-state index in [4.69, 9.17) is 21.7 Å². The second-order valence-electron chi connectivity index (χ2n) is 5.91. The Labute approximate surface area is 183 Å². The minimum Gasteiger partial charge on any atom is -0.593 e. The lowest BCUT2D eigenvalue weighted by Gasteiger charge is -2.26. The third kappa shape index (κ3) is 6.43. The molecule has 0 saturated heterocycles. The summed E-state index contributed by atoms with van der Waals surface area (Å²) in [6.07, 6.45) is -3.08. The fourth-order valence-electron chi connectivity index (χ4n) is 2.46. The number of nitrogens with one attached hydrogen (secondary N) is 2. The Morgan fingerprint density at radius 2 is 1.90 bits per heavy atom. The quantitative estimate of drug-likeness (QED) is 0.304. The summed E-state index contributed by atoms with van der Waals surface area (Å²) in [4.78, 5) is 0. The Hall–Kier alpha value is -1.62. The highest BCUT2D eigenvalue weighted by Crippen LogP contribution is 2.35. The molecule has 0 radical (unpaired) electrons. The van der Waals surface area contributed by atoms with Crippen molar-refractivity contribution in [3.05, 3.63) is 57.0 Å². The monoisotopic (exact) mass is 511 g/mol. The van der Waals surface area contributed by atoms with E-state index in [-0.39, 0.29) is 28.7 Å². The van der Waals surface area contributed by atoms with Crippen molar-refractivity contribution in [1.82, 2.24) is 4.31 Å². The van der Waals surface area contributed by atoms with Crippen molar-refractivity contribution < 1.29 is 22.5 Å². The van der Waals surface area contributed by atoms with Gasteiger partial charge in [0.15, 0.2) is 5.84 Å². The van der Waals surface area contributed by atoms with Crippen LogP contribution in [0.15, 0.2) is 40.9 Å². The number of benzene rings is 2. The summed E-state index contributed by atoms with van der Waals surface area (Å²) in [5.74, 6) is 0.374. The molecule has 0 bridgehead atoms. The van der Waals surface area contributed by atoms with Gasteiger partial charge in [-0.2, -0.15) is 17.5 Å². The second-order valence-corrected chi connectivity index (χ2v) is 8.45. The number of hydrogen-bond acceptors (Lipinski definition) is 4. The van der Waals surface area contributed by atoms with Crippen molar-refractivity contribution in [3.8, 4) is 5.75 Å². The molecule has 0 spiro atoms. The normalized spacial score (nSPS) is 12.4. The van der Waals surface area contributed by atoms with Crippen LogP contribution < -0.4 is 10.1 Å². The third-order valence-electron chi connectivity index (χ3n) is 3.85. The van der Waals surface area contributed by atoms with Gasteiger partial charge in [0, 0.05) is 4.47 Å². The second kappa shape index (κ2) is 9.92. The average Bonchev–Trinajstić information content (AvgIpc) is 2.65. The van der Waals surface area contributed by atoms with Gasteiger partial charge in [0.25, 0.3) is 0 Å². The van der Waals surface area contributed by atoms with Gasteiger partial charge in [-0.1, -0.05) is 23.7 Å². The van der Waals surface area contributed by atoms with Crippen molar-refractivity contribution in [2.75, 3.05) is 25.2 Å². The van der Waals surface area contributed by atoms with Gasteiger partial charge in [-0.3, -0.25) is 5.41 Å². The fraction of sp³-hybridized carbons (Fsp3) is 0.278. The minimum atomic E-state index is -4.46. The number of rotatable bonds is 7. The average molecular weight is 513 g/mol. The van der Waals surface area contributed by atoms with Gasteiger partial charge in [0.2, 0.25) is 0 Å². The number of hydrogen-bond donors (Lipinski definition) is 2. The summed E-state index contributed by atoms with van der Waals surface area (Å²) < 4.78 is 57.1. The summed E-state index contributed by atoms with van der Waals surface area (Å²) in [6, 6.07) is 9.87. The van der Waals surface area contributed by atoms with Crippen LogP contribution >= 0.6 is 27.5 Å². The van der Waals surface area contributed by atoms with Crippen LogP contribution in [0.3, 0.4) is 0 Å². The summed E-state index contributed by atoms with van der Waals surface area (Å²) in [5.41, 5.74) is 0.765. The highest BCUT2D eigenvalue weighted by molar-refractivity contribution is 9.10. The van der Waals surface area contributed by atoms with E-state index in [0.717, 1.165) is 5.56 Å². The molecule has 0 saturated carbocycles. The first-order valence-electron chi connectivity index (χ1n) is 8.15. The molecule has 158 valence electrons. The summed E-state index contributed by atoms with van der Waals surface area (Å²) in [6.45, 7) is -1.21. The number of amidine groups is 1. The predicted octanol–water partition coefficient (Wildman–Crippen LogP) is 5.21. The maximum Gasteiger partial charge on any atom is 0.405 e. The zero-order valence-electron chi connectivity index (χ0n) is 15.4. The van der Waals surface area contributed by atoms with Crippen LogP contribution in [-0.2, 0) is 17.9 Å². The smallest absolute Gasteiger partial charge is 0.405 e. The molecule has 0 fully saturated rings. The molecule has 1 atom stereocenters. The number of halogens is 5. The summed E-state index contributed by atoms with van der Waals surface area (Å²) in [7, 11) is 1.53. The van der Waals surface area contributed by atoms with E-state index in [2.05, 4.69) is 21.2 Å². The molecular formula is C18H18BrClF3N3O2S. The van der Waals surface area contributed by atoms with Gasteiger partial charge in [-0.15, -0.1) is 0 Å². The van der Waals surface area contributed by atoms with E-state index in [1.54, 1.807) is 24.3 Å². The molecule has 0 amide bonds. The van der Waals surface area contributed by atoms with Crippen molar-refractivity contribution in [1.29, 1.82) is 5.41 Å². The highest BCUT2D eigenvalue weighted by atomic mass is 79.9. The van der Waals surface area contributed by atoms with Crippen LogP contribution in [0.1, 0.15) is 11.1 Å². The largest absolute Gasteiger partial charge is 0.593 e.